The van der Waals surface area contributed by atoms with E-state index in [1.165, 1.54) is 12.8 Å². The van der Waals surface area contributed by atoms with Crippen LogP contribution in [0.15, 0.2) is 12.2 Å². The van der Waals surface area contributed by atoms with Crippen LogP contribution in [-0.4, -0.2) is 23.8 Å². The number of hydrogen-bond acceptors (Lipinski definition) is 2. The van der Waals surface area contributed by atoms with Gasteiger partial charge in [-0.3, -0.25) is 0 Å². The van der Waals surface area contributed by atoms with Crippen molar-refractivity contribution in [1.29, 1.82) is 0 Å². The summed E-state index contributed by atoms with van der Waals surface area (Å²) in [6.07, 6.45) is 11.4. The predicted octanol–water partition coefficient (Wildman–Crippen LogP) is 2.48. The molecule has 1 heterocycles. The fourth-order valence-corrected chi connectivity index (χ4v) is 3.12. The van der Waals surface area contributed by atoms with E-state index >= 15 is 0 Å². The van der Waals surface area contributed by atoms with E-state index in [4.69, 9.17) is 0 Å². The molecule has 0 aromatic heterocycles. The molecule has 1 aliphatic carbocycles. The lowest BCUT2D eigenvalue weighted by Gasteiger charge is -2.36. The van der Waals surface area contributed by atoms with Gasteiger partial charge in [-0.15, -0.1) is 0 Å². The number of aliphatic hydroxyl groups is 1. The van der Waals surface area contributed by atoms with Gasteiger partial charge in [0.15, 0.2) is 0 Å². The van der Waals surface area contributed by atoms with Crippen LogP contribution in [0.5, 0.6) is 0 Å². The second-order valence-electron chi connectivity index (χ2n) is 5.39. The quantitative estimate of drug-likeness (QED) is 0.720. The average Bonchev–Trinajstić information content (AvgIpc) is 2.39. The Morgan fingerprint density at radius 2 is 2.25 bits per heavy atom. The minimum Gasteiger partial charge on any atom is -0.391 e. The maximum absolute atomic E-state index is 10.4. The monoisotopic (exact) mass is 223 g/mol. The molecule has 2 heteroatoms. The molecule has 0 aromatic rings. The first-order chi connectivity index (χ1) is 7.81. The van der Waals surface area contributed by atoms with E-state index in [9.17, 15) is 5.11 Å². The first-order valence-corrected chi connectivity index (χ1v) is 6.87. The van der Waals surface area contributed by atoms with Crippen LogP contribution in [0.1, 0.15) is 45.4 Å². The van der Waals surface area contributed by atoms with Crippen molar-refractivity contribution in [2.24, 2.45) is 11.8 Å². The van der Waals surface area contributed by atoms with Gasteiger partial charge in [-0.2, -0.15) is 0 Å². The van der Waals surface area contributed by atoms with Gasteiger partial charge in [-0.25, -0.2) is 0 Å². The fraction of sp³-hybridized carbons (Fsp3) is 0.857. The Bertz CT molecular complexity index is 239. The van der Waals surface area contributed by atoms with Crippen LogP contribution in [-0.2, 0) is 0 Å². The summed E-state index contributed by atoms with van der Waals surface area (Å²) < 4.78 is 0. The summed E-state index contributed by atoms with van der Waals surface area (Å²) in [4.78, 5) is 0. The van der Waals surface area contributed by atoms with E-state index in [1.807, 2.05) is 0 Å². The third-order valence-electron chi connectivity index (χ3n) is 4.33. The van der Waals surface area contributed by atoms with Crippen molar-refractivity contribution in [3.05, 3.63) is 12.2 Å². The Morgan fingerprint density at radius 3 is 2.94 bits per heavy atom. The lowest BCUT2D eigenvalue weighted by molar-refractivity contribution is 0.0441. The number of rotatable bonds is 3. The first kappa shape index (κ1) is 12.1. The fourth-order valence-electron chi connectivity index (χ4n) is 3.12. The van der Waals surface area contributed by atoms with Crippen LogP contribution in [0.3, 0.4) is 0 Å². The van der Waals surface area contributed by atoms with Crippen LogP contribution >= 0.6 is 0 Å². The maximum atomic E-state index is 10.4. The summed E-state index contributed by atoms with van der Waals surface area (Å²) in [5.41, 5.74) is 0. The highest BCUT2D eigenvalue weighted by Crippen LogP contribution is 2.28. The van der Waals surface area contributed by atoms with Crippen molar-refractivity contribution < 1.29 is 5.11 Å². The van der Waals surface area contributed by atoms with Gasteiger partial charge in [0.05, 0.1) is 6.10 Å². The topological polar surface area (TPSA) is 32.3 Å². The normalized spacial score (nSPS) is 37.2. The lowest BCUT2D eigenvalue weighted by Crippen LogP contribution is -2.48. The molecule has 2 N–H and O–H groups in total. The zero-order chi connectivity index (χ0) is 11.4. The zero-order valence-electron chi connectivity index (χ0n) is 10.4. The Kier molecular flexibility index (Phi) is 4.42. The molecule has 0 aromatic carbocycles. The second-order valence-corrected chi connectivity index (χ2v) is 5.39. The molecule has 2 rings (SSSR count). The predicted molar refractivity (Wildman–Crippen MR) is 67.3 cm³/mol. The maximum Gasteiger partial charge on any atom is 0.0724 e. The molecule has 0 bridgehead atoms. The number of aliphatic hydroxyl groups excluding tert-OH is 1. The van der Waals surface area contributed by atoms with Gasteiger partial charge in [0.2, 0.25) is 0 Å². The van der Waals surface area contributed by atoms with Gasteiger partial charge in [-0.05, 0) is 50.5 Å². The Labute approximate surface area is 99.1 Å². The lowest BCUT2D eigenvalue weighted by atomic mass is 9.80. The van der Waals surface area contributed by atoms with Gasteiger partial charge >= 0.3 is 0 Å². The summed E-state index contributed by atoms with van der Waals surface area (Å²) in [7, 11) is 0. The van der Waals surface area contributed by atoms with Crippen LogP contribution in [0.4, 0.5) is 0 Å². The highest BCUT2D eigenvalue weighted by Gasteiger charge is 2.31. The molecule has 92 valence electrons. The summed E-state index contributed by atoms with van der Waals surface area (Å²) in [5.74, 6) is 1.30. The van der Waals surface area contributed by atoms with Crippen molar-refractivity contribution in [1.82, 2.24) is 5.32 Å². The first-order valence-electron chi connectivity index (χ1n) is 6.87. The molecular formula is C14H25NO. The van der Waals surface area contributed by atoms with E-state index in [0.29, 0.717) is 12.0 Å². The van der Waals surface area contributed by atoms with Gasteiger partial charge in [0.1, 0.15) is 0 Å². The third kappa shape index (κ3) is 2.86. The molecule has 16 heavy (non-hydrogen) atoms. The van der Waals surface area contributed by atoms with Crippen LogP contribution < -0.4 is 5.32 Å². The molecule has 4 atom stereocenters. The minimum absolute atomic E-state index is 0.140. The van der Waals surface area contributed by atoms with Crippen molar-refractivity contribution in [2.45, 2.75) is 57.6 Å². The SMILES string of the molecule is CCC1CCNC(C(O)C2CC=CCC2)C1. The largest absolute Gasteiger partial charge is 0.391 e. The smallest absolute Gasteiger partial charge is 0.0724 e. The van der Waals surface area contributed by atoms with Crippen LogP contribution in [0.25, 0.3) is 0 Å². The molecule has 0 saturated carbocycles. The second kappa shape index (κ2) is 5.83. The van der Waals surface area contributed by atoms with Gasteiger partial charge in [0, 0.05) is 6.04 Å². The summed E-state index contributed by atoms with van der Waals surface area (Å²) in [6.45, 7) is 3.35. The van der Waals surface area contributed by atoms with Crippen LogP contribution in [0.2, 0.25) is 0 Å². The number of nitrogens with one attached hydrogen (secondary N) is 1. The number of piperidine rings is 1. The Morgan fingerprint density at radius 1 is 1.38 bits per heavy atom. The Balaban J connectivity index is 1.87. The minimum atomic E-state index is -0.140. The number of allylic oxidation sites excluding steroid dienone is 2. The molecule has 0 spiro atoms. The summed E-state index contributed by atoms with van der Waals surface area (Å²) in [5, 5.41) is 13.9. The van der Waals surface area contributed by atoms with Crippen molar-refractivity contribution >= 4 is 0 Å². The molecule has 4 unspecified atom stereocenters. The van der Waals surface area contributed by atoms with Gasteiger partial charge in [0.25, 0.3) is 0 Å². The van der Waals surface area contributed by atoms with Crippen molar-refractivity contribution in [3.63, 3.8) is 0 Å². The molecule has 1 aliphatic heterocycles. The van der Waals surface area contributed by atoms with E-state index in [1.54, 1.807) is 0 Å². The molecule has 2 aliphatic rings. The molecular weight excluding hydrogens is 198 g/mol. The van der Waals surface area contributed by atoms with E-state index in [0.717, 1.165) is 38.1 Å². The summed E-state index contributed by atoms with van der Waals surface area (Å²) >= 11 is 0. The van der Waals surface area contributed by atoms with E-state index in [-0.39, 0.29) is 6.10 Å². The highest BCUT2D eigenvalue weighted by molar-refractivity contribution is 4.96. The standard InChI is InChI=1S/C14H25NO/c1-2-11-8-9-15-13(10-11)14(16)12-6-4-3-5-7-12/h3-4,11-16H,2,5-10H2,1H3. The molecule has 2 nitrogen and oxygen atoms in total. The van der Waals surface area contributed by atoms with Gasteiger partial charge in [-0.1, -0.05) is 25.5 Å². The average molecular weight is 223 g/mol. The molecule has 1 fully saturated rings. The zero-order valence-corrected chi connectivity index (χ0v) is 10.4. The highest BCUT2D eigenvalue weighted by atomic mass is 16.3. The molecule has 0 radical (unpaired) electrons. The summed E-state index contributed by atoms with van der Waals surface area (Å²) in [6, 6.07) is 0.343. The number of hydrogen-bond donors (Lipinski definition) is 2. The molecule has 0 amide bonds. The van der Waals surface area contributed by atoms with Crippen molar-refractivity contribution in [3.8, 4) is 0 Å². The Hall–Kier alpha value is -0.340. The molecule has 1 saturated heterocycles. The van der Waals surface area contributed by atoms with E-state index < -0.39 is 0 Å². The third-order valence-corrected chi connectivity index (χ3v) is 4.33. The van der Waals surface area contributed by atoms with Crippen LogP contribution in [0, 0.1) is 11.8 Å². The van der Waals surface area contributed by atoms with Crippen molar-refractivity contribution in [2.75, 3.05) is 6.54 Å². The van der Waals surface area contributed by atoms with Gasteiger partial charge < -0.3 is 10.4 Å². The van der Waals surface area contributed by atoms with E-state index in [2.05, 4.69) is 24.4 Å².